The van der Waals surface area contributed by atoms with Gasteiger partial charge in [0.05, 0.1) is 13.7 Å². The fourth-order valence-electron chi connectivity index (χ4n) is 3.35. The summed E-state index contributed by atoms with van der Waals surface area (Å²) in [5, 5.41) is 7.84. The number of fused-ring (bicyclic) bond motifs is 1. The molecule has 1 aliphatic rings. The Morgan fingerprint density at radius 1 is 1.14 bits per heavy atom. The molecule has 0 radical (unpaired) electrons. The summed E-state index contributed by atoms with van der Waals surface area (Å²) in [5.74, 6) is 2.16. The molecule has 0 saturated carbocycles. The zero-order chi connectivity index (χ0) is 19.3. The van der Waals surface area contributed by atoms with Crippen molar-refractivity contribution in [2.45, 2.75) is 38.6 Å². The fourth-order valence-corrected chi connectivity index (χ4v) is 3.35. The van der Waals surface area contributed by atoms with E-state index in [0.29, 0.717) is 24.1 Å². The number of aromatic nitrogens is 3. The molecule has 2 aromatic carbocycles. The Balaban J connectivity index is 1.34. The molecule has 1 atom stereocenters. The Morgan fingerprint density at radius 3 is 2.79 bits per heavy atom. The highest BCUT2D eigenvalue weighted by atomic mass is 19.1. The summed E-state index contributed by atoms with van der Waals surface area (Å²) < 4.78 is 26.3. The first-order valence-electron chi connectivity index (χ1n) is 9.35. The highest BCUT2D eigenvalue weighted by Gasteiger charge is 2.19. The van der Waals surface area contributed by atoms with Gasteiger partial charge in [-0.25, -0.2) is 14.1 Å². The average Bonchev–Trinajstić information content (AvgIpc) is 3.20. The van der Waals surface area contributed by atoms with Crippen LogP contribution < -0.4 is 14.8 Å². The number of aryl methyl sites for hydroxylation is 1. The largest absolute Gasteiger partial charge is 0.493 e. The van der Waals surface area contributed by atoms with Gasteiger partial charge in [-0.15, -0.1) is 0 Å². The smallest absolute Gasteiger partial charge is 0.161 e. The molecule has 0 fully saturated rings. The van der Waals surface area contributed by atoms with Crippen LogP contribution in [0.3, 0.4) is 0 Å². The standard InChI is InChI=1S/C21H23FN4O2/c1-27-20-10-16(11-23-18-7-9-21-24-14-25-26(21)12-18)4-8-19(20)28-13-15-2-5-17(22)6-3-15/h2-6,8,10,14,18,23H,7,9,11-13H2,1H3. The third kappa shape index (κ3) is 4.31. The van der Waals surface area contributed by atoms with Crippen LogP contribution in [0.2, 0.25) is 0 Å². The van der Waals surface area contributed by atoms with E-state index in [2.05, 4.69) is 15.4 Å². The molecule has 0 spiro atoms. The van der Waals surface area contributed by atoms with Crippen LogP contribution in [-0.4, -0.2) is 27.9 Å². The average molecular weight is 382 g/mol. The van der Waals surface area contributed by atoms with Crippen LogP contribution in [-0.2, 0) is 26.1 Å². The van der Waals surface area contributed by atoms with Gasteiger partial charge in [-0.3, -0.25) is 0 Å². The number of hydrogen-bond acceptors (Lipinski definition) is 5. The summed E-state index contributed by atoms with van der Waals surface area (Å²) in [6, 6.07) is 12.6. The third-order valence-electron chi connectivity index (χ3n) is 4.94. The van der Waals surface area contributed by atoms with Gasteiger partial charge in [0.15, 0.2) is 11.5 Å². The lowest BCUT2D eigenvalue weighted by Crippen LogP contribution is -2.37. The topological polar surface area (TPSA) is 61.2 Å². The molecule has 0 saturated heterocycles. The Hall–Kier alpha value is -2.93. The van der Waals surface area contributed by atoms with Crippen molar-refractivity contribution >= 4 is 0 Å². The van der Waals surface area contributed by atoms with Crippen molar-refractivity contribution in [2.24, 2.45) is 0 Å². The Kier molecular flexibility index (Phi) is 5.53. The zero-order valence-electron chi connectivity index (χ0n) is 15.8. The van der Waals surface area contributed by atoms with Crippen molar-refractivity contribution in [3.8, 4) is 11.5 Å². The summed E-state index contributed by atoms with van der Waals surface area (Å²) in [5.41, 5.74) is 2.02. The van der Waals surface area contributed by atoms with Gasteiger partial charge in [-0.2, -0.15) is 5.10 Å². The van der Waals surface area contributed by atoms with E-state index in [-0.39, 0.29) is 5.82 Å². The second kappa shape index (κ2) is 8.39. The first kappa shape index (κ1) is 18.4. The molecule has 1 aromatic heterocycles. The molecule has 146 valence electrons. The van der Waals surface area contributed by atoms with Crippen molar-refractivity contribution < 1.29 is 13.9 Å². The van der Waals surface area contributed by atoms with E-state index >= 15 is 0 Å². The number of rotatable bonds is 7. The normalized spacial score (nSPS) is 15.9. The van der Waals surface area contributed by atoms with E-state index in [0.717, 1.165) is 42.9 Å². The van der Waals surface area contributed by atoms with E-state index in [9.17, 15) is 4.39 Å². The lowest BCUT2D eigenvalue weighted by atomic mass is 10.1. The van der Waals surface area contributed by atoms with Crippen molar-refractivity contribution in [1.29, 1.82) is 0 Å². The molecule has 2 heterocycles. The Morgan fingerprint density at radius 2 is 1.96 bits per heavy atom. The monoisotopic (exact) mass is 382 g/mol. The van der Waals surface area contributed by atoms with Crippen molar-refractivity contribution in [2.75, 3.05) is 7.11 Å². The highest BCUT2D eigenvalue weighted by Crippen LogP contribution is 2.29. The van der Waals surface area contributed by atoms with Crippen molar-refractivity contribution in [1.82, 2.24) is 20.1 Å². The van der Waals surface area contributed by atoms with Crippen LogP contribution in [0.15, 0.2) is 48.8 Å². The Bertz CT molecular complexity index is 926. The van der Waals surface area contributed by atoms with Gasteiger partial charge in [0.1, 0.15) is 24.6 Å². The van der Waals surface area contributed by atoms with Crippen LogP contribution >= 0.6 is 0 Å². The van der Waals surface area contributed by atoms with E-state index < -0.39 is 0 Å². The molecule has 3 aromatic rings. The molecule has 7 heteroatoms. The summed E-state index contributed by atoms with van der Waals surface area (Å²) in [4.78, 5) is 4.26. The Labute approximate surface area is 163 Å². The molecule has 6 nitrogen and oxygen atoms in total. The van der Waals surface area contributed by atoms with Crippen LogP contribution in [0.25, 0.3) is 0 Å². The molecule has 28 heavy (non-hydrogen) atoms. The van der Waals surface area contributed by atoms with Gasteiger partial charge >= 0.3 is 0 Å². The zero-order valence-corrected chi connectivity index (χ0v) is 15.8. The van der Waals surface area contributed by atoms with Gasteiger partial charge in [0.25, 0.3) is 0 Å². The summed E-state index contributed by atoms with van der Waals surface area (Å²) in [7, 11) is 1.63. The van der Waals surface area contributed by atoms with Crippen molar-refractivity contribution in [3.63, 3.8) is 0 Å². The highest BCUT2D eigenvalue weighted by molar-refractivity contribution is 5.43. The maximum Gasteiger partial charge on any atom is 0.161 e. The number of halogens is 1. The minimum atomic E-state index is -0.254. The minimum absolute atomic E-state index is 0.254. The number of ether oxygens (including phenoxy) is 2. The molecule has 0 aliphatic carbocycles. The summed E-state index contributed by atoms with van der Waals surface area (Å²) in [6.45, 7) is 1.94. The van der Waals surface area contributed by atoms with E-state index in [1.54, 1.807) is 25.6 Å². The van der Waals surface area contributed by atoms with E-state index in [1.807, 2.05) is 22.9 Å². The number of hydrogen-bond donors (Lipinski definition) is 1. The first-order valence-corrected chi connectivity index (χ1v) is 9.35. The van der Waals surface area contributed by atoms with Gasteiger partial charge in [0.2, 0.25) is 0 Å². The predicted octanol–water partition coefficient (Wildman–Crippen LogP) is 3.11. The molecular formula is C21H23FN4O2. The van der Waals surface area contributed by atoms with Crippen LogP contribution in [0.1, 0.15) is 23.4 Å². The minimum Gasteiger partial charge on any atom is -0.493 e. The molecular weight excluding hydrogens is 359 g/mol. The lowest BCUT2D eigenvalue weighted by Gasteiger charge is -2.23. The van der Waals surface area contributed by atoms with Gasteiger partial charge in [-0.05, 0) is 41.8 Å². The number of methoxy groups -OCH3 is 1. The molecule has 1 aliphatic heterocycles. The number of benzene rings is 2. The molecule has 4 rings (SSSR count). The van der Waals surface area contributed by atoms with Gasteiger partial charge in [0, 0.05) is 19.0 Å². The molecule has 0 bridgehead atoms. The van der Waals surface area contributed by atoms with Gasteiger partial charge in [-0.1, -0.05) is 18.2 Å². The molecule has 1 unspecified atom stereocenters. The van der Waals surface area contributed by atoms with E-state index in [1.165, 1.54) is 12.1 Å². The first-order chi connectivity index (χ1) is 13.7. The fraction of sp³-hybridized carbons (Fsp3) is 0.333. The predicted molar refractivity (Wildman–Crippen MR) is 103 cm³/mol. The second-order valence-electron chi connectivity index (χ2n) is 6.88. The molecule has 1 N–H and O–H groups in total. The SMILES string of the molecule is COc1cc(CNC2CCc3ncnn3C2)ccc1OCc1ccc(F)cc1. The maximum atomic E-state index is 13.0. The lowest BCUT2D eigenvalue weighted by molar-refractivity contribution is 0.284. The quantitative estimate of drug-likeness (QED) is 0.680. The van der Waals surface area contributed by atoms with Crippen molar-refractivity contribution in [3.05, 3.63) is 71.6 Å². The van der Waals surface area contributed by atoms with Crippen LogP contribution in [0, 0.1) is 5.82 Å². The van der Waals surface area contributed by atoms with Crippen LogP contribution in [0.5, 0.6) is 11.5 Å². The van der Waals surface area contributed by atoms with Gasteiger partial charge < -0.3 is 14.8 Å². The van der Waals surface area contributed by atoms with E-state index in [4.69, 9.17) is 9.47 Å². The summed E-state index contributed by atoms with van der Waals surface area (Å²) in [6.07, 6.45) is 3.61. The summed E-state index contributed by atoms with van der Waals surface area (Å²) >= 11 is 0. The number of nitrogens with one attached hydrogen (secondary N) is 1. The molecule has 0 amide bonds. The second-order valence-corrected chi connectivity index (χ2v) is 6.88. The van der Waals surface area contributed by atoms with Crippen LogP contribution in [0.4, 0.5) is 4.39 Å². The number of nitrogens with zero attached hydrogens (tertiary/aromatic N) is 3. The maximum absolute atomic E-state index is 13.0. The third-order valence-corrected chi connectivity index (χ3v) is 4.94.